The van der Waals surface area contributed by atoms with E-state index in [4.69, 9.17) is 0 Å². The molecule has 10 aromatic rings. The zero-order valence-corrected chi connectivity index (χ0v) is 29.0. The Kier molecular flexibility index (Phi) is 7.51. The van der Waals surface area contributed by atoms with Crippen LogP contribution in [0.1, 0.15) is 0 Å². The fourth-order valence-electron chi connectivity index (χ4n) is 8.04. The lowest BCUT2D eigenvalue weighted by Crippen LogP contribution is -2.09. The predicted octanol–water partition coefficient (Wildman–Crippen LogP) is 14.2. The van der Waals surface area contributed by atoms with Gasteiger partial charge < -0.3 is 4.90 Å². The number of nitrogens with zero attached hydrogens (tertiary/aromatic N) is 2. The molecule has 0 aliphatic carbocycles. The van der Waals surface area contributed by atoms with Crippen molar-refractivity contribution in [2.75, 3.05) is 4.90 Å². The topological polar surface area (TPSA) is 16.1 Å². The van der Waals surface area contributed by atoms with E-state index in [1.165, 1.54) is 71.1 Å². The summed E-state index contributed by atoms with van der Waals surface area (Å²) in [6.07, 6.45) is 3.77. The largest absolute Gasteiger partial charge is 0.310 e. The Balaban J connectivity index is 1.05. The van der Waals surface area contributed by atoms with E-state index in [1.54, 1.807) is 0 Å². The van der Waals surface area contributed by atoms with Gasteiger partial charge in [-0.05, 0) is 114 Å². The minimum absolute atomic E-state index is 1.11. The summed E-state index contributed by atoms with van der Waals surface area (Å²) in [5.74, 6) is 0. The van der Waals surface area contributed by atoms with Gasteiger partial charge in [0, 0.05) is 34.8 Å². The molecule has 1 aromatic heterocycles. The molecule has 0 saturated heterocycles. The van der Waals surface area contributed by atoms with Crippen molar-refractivity contribution in [3.63, 3.8) is 0 Å². The lowest BCUT2D eigenvalue weighted by atomic mass is 9.84. The molecule has 1 heterocycles. The summed E-state index contributed by atoms with van der Waals surface area (Å²) >= 11 is 0. The summed E-state index contributed by atoms with van der Waals surface area (Å²) in [6.45, 7) is 0. The summed E-state index contributed by atoms with van der Waals surface area (Å²) in [5.41, 5.74) is 10.7. The summed E-state index contributed by atoms with van der Waals surface area (Å²) in [5, 5.41) is 9.88. The summed E-state index contributed by atoms with van der Waals surface area (Å²) in [4.78, 5) is 6.61. The Morgan fingerprint density at radius 1 is 0.321 bits per heavy atom. The second-order valence-electron chi connectivity index (χ2n) is 13.6. The molecule has 0 atom stereocenters. The van der Waals surface area contributed by atoms with Crippen LogP contribution in [0.2, 0.25) is 0 Å². The van der Waals surface area contributed by atoms with E-state index >= 15 is 0 Å². The van der Waals surface area contributed by atoms with Gasteiger partial charge in [-0.25, -0.2) is 0 Å². The first-order chi connectivity index (χ1) is 26.3. The van der Waals surface area contributed by atoms with Crippen molar-refractivity contribution >= 4 is 60.2 Å². The number of para-hydroxylation sites is 1. The molecule has 53 heavy (non-hydrogen) atoms. The van der Waals surface area contributed by atoms with Crippen LogP contribution in [0.5, 0.6) is 0 Å². The molecule has 0 radical (unpaired) electrons. The molecule has 2 nitrogen and oxygen atoms in total. The van der Waals surface area contributed by atoms with Crippen molar-refractivity contribution in [2.24, 2.45) is 0 Å². The van der Waals surface area contributed by atoms with E-state index in [9.17, 15) is 0 Å². The first-order valence-electron chi connectivity index (χ1n) is 18.1. The quantitative estimate of drug-likeness (QED) is 0.163. The Labute approximate surface area is 308 Å². The third kappa shape index (κ3) is 5.40. The van der Waals surface area contributed by atoms with Gasteiger partial charge in [0.25, 0.3) is 0 Å². The zero-order valence-electron chi connectivity index (χ0n) is 29.0. The van der Waals surface area contributed by atoms with E-state index in [2.05, 4.69) is 204 Å². The van der Waals surface area contributed by atoms with Crippen LogP contribution < -0.4 is 4.90 Å². The Hall–Kier alpha value is -7.03. The second kappa shape index (κ2) is 12.9. The molecule has 0 amide bonds. The lowest BCUT2D eigenvalue weighted by Gasteiger charge is -2.26. The van der Waals surface area contributed by atoms with Crippen molar-refractivity contribution in [3.05, 3.63) is 207 Å². The maximum absolute atomic E-state index is 4.30. The fourth-order valence-corrected chi connectivity index (χ4v) is 8.04. The Morgan fingerprint density at radius 2 is 0.849 bits per heavy atom. The van der Waals surface area contributed by atoms with Crippen LogP contribution in [0, 0.1) is 0 Å². The molecule has 248 valence electrons. The van der Waals surface area contributed by atoms with Gasteiger partial charge in [0.15, 0.2) is 0 Å². The molecular weight excluding hydrogens is 641 g/mol. The molecular formula is C51H34N2. The van der Waals surface area contributed by atoms with E-state index in [1.807, 2.05) is 12.4 Å². The number of benzene rings is 9. The van der Waals surface area contributed by atoms with Crippen molar-refractivity contribution in [1.29, 1.82) is 0 Å². The molecule has 0 unspecified atom stereocenters. The number of fused-ring (bicyclic) bond motifs is 4. The van der Waals surface area contributed by atoms with Crippen LogP contribution >= 0.6 is 0 Å². The molecule has 0 spiro atoms. The fraction of sp³-hybridized carbons (Fsp3) is 0. The van der Waals surface area contributed by atoms with Gasteiger partial charge >= 0.3 is 0 Å². The standard InChI is InChI=1S/C51H34N2/c1-2-13-41(14-3-1)53(43-30-27-40-34-52-32-31-39(40)33-43)42-28-25-36(26-29-42)35-21-23-38(24-22-35)50-46-16-6-8-18-48(46)51(49-19-9-7-17-47(49)50)45-20-10-12-37-11-4-5-15-44(37)45/h1-34H. The van der Waals surface area contributed by atoms with Gasteiger partial charge in [-0.1, -0.05) is 152 Å². The normalized spacial score (nSPS) is 11.4. The van der Waals surface area contributed by atoms with E-state index in [0.29, 0.717) is 0 Å². The van der Waals surface area contributed by atoms with Crippen LogP contribution in [0.15, 0.2) is 207 Å². The molecule has 0 bridgehead atoms. The Bertz CT molecular complexity index is 2870. The molecule has 0 saturated carbocycles. The first kappa shape index (κ1) is 30.8. The van der Waals surface area contributed by atoms with Gasteiger partial charge in [-0.3, -0.25) is 4.98 Å². The van der Waals surface area contributed by atoms with Crippen LogP contribution in [0.3, 0.4) is 0 Å². The zero-order chi connectivity index (χ0) is 35.1. The van der Waals surface area contributed by atoms with E-state index in [0.717, 1.165) is 22.4 Å². The number of hydrogen-bond acceptors (Lipinski definition) is 2. The lowest BCUT2D eigenvalue weighted by molar-refractivity contribution is 1.29. The average molecular weight is 675 g/mol. The smallest absolute Gasteiger partial charge is 0.0468 e. The molecule has 0 aliphatic heterocycles. The first-order valence-corrected chi connectivity index (χ1v) is 18.1. The van der Waals surface area contributed by atoms with Crippen molar-refractivity contribution in [3.8, 4) is 33.4 Å². The van der Waals surface area contributed by atoms with Crippen LogP contribution in [-0.4, -0.2) is 4.98 Å². The van der Waals surface area contributed by atoms with Gasteiger partial charge in [-0.2, -0.15) is 0 Å². The highest BCUT2D eigenvalue weighted by atomic mass is 15.1. The summed E-state index contributed by atoms with van der Waals surface area (Å²) < 4.78 is 0. The number of pyridine rings is 1. The van der Waals surface area contributed by atoms with E-state index in [-0.39, 0.29) is 0 Å². The number of hydrogen-bond donors (Lipinski definition) is 0. The van der Waals surface area contributed by atoms with Gasteiger partial charge in [0.1, 0.15) is 0 Å². The van der Waals surface area contributed by atoms with Crippen molar-refractivity contribution in [1.82, 2.24) is 4.98 Å². The number of anilines is 3. The average Bonchev–Trinajstić information content (AvgIpc) is 3.23. The highest BCUT2D eigenvalue weighted by Gasteiger charge is 2.18. The highest BCUT2D eigenvalue weighted by molar-refractivity contribution is 6.23. The van der Waals surface area contributed by atoms with Gasteiger partial charge in [-0.15, -0.1) is 0 Å². The maximum Gasteiger partial charge on any atom is 0.0468 e. The van der Waals surface area contributed by atoms with Crippen LogP contribution in [-0.2, 0) is 0 Å². The van der Waals surface area contributed by atoms with E-state index < -0.39 is 0 Å². The summed E-state index contributed by atoms with van der Waals surface area (Å²) in [6, 6.07) is 70.3. The molecule has 0 fully saturated rings. The number of aromatic nitrogens is 1. The van der Waals surface area contributed by atoms with Crippen LogP contribution in [0.25, 0.3) is 76.5 Å². The minimum Gasteiger partial charge on any atom is -0.310 e. The SMILES string of the molecule is c1ccc(N(c2ccc(-c3ccc(-c4c5ccccc5c(-c5cccc6ccccc56)c5ccccc45)cc3)cc2)c2ccc3cnccc3c2)cc1. The van der Waals surface area contributed by atoms with Crippen molar-refractivity contribution < 1.29 is 0 Å². The molecule has 2 heteroatoms. The number of rotatable bonds is 6. The van der Waals surface area contributed by atoms with Gasteiger partial charge in [0.05, 0.1) is 0 Å². The van der Waals surface area contributed by atoms with Crippen LogP contribution in [0.4, 0.5) is 17.1 Å². The third-order valence-electron chi connectivity index (χ3n) is 10.5. The second-order valence-corrected chi connectivity index (χ2v) is 13.6. The molecule has 9 aromatic carbocycles. The Morgan fingerprint density at radius 3 is 1.55 bits per heavy atom. The predicted molar refractivity (Wildman–Crippen MR) is 225 cm³/mol. The summed E-state index contributed by atoms with van der Waals surface area (Å²) in [7, 11) is 0. The maximum atomic E-state index is 4.30. The van der Waals surface area contributed by atoms with Crippen molar-refractivity contribution in [2.45, 2.75) is 0 Å². The molecule has 10 rings (SSSR count). The molecule has 0 N–H and O–H groups in total. The third-order valence-corrected chi connectivity index (χ3v) is 10.5. The minimum atomic E-state index is 1.11. The molecule has 0 aliphatic rings. The monoisotopic (exact) mass is 674 g/mol. The highest BCUT2D eigenvalue weighted by Crippen LogP contribution is 2.45. The van der Waals surface area contributed by atoms with Gasteiger partial charge in [0.2, 0.25) is 0 Å².